The fourth-order valence-corrected chi connectivity index (χ4v) is 1.76. The third-order valence-corrected chi connectivity index (χ3v) is 3.12. The quantitative estimate of drug-likeness (QED) is 0.561. The highest BCUT2D eigenvalue weighted by Crippen LogP contribution is 2.61. The molecule has 0 saturated heterocycles. The lowest BCUT2D eigenvalue weighted by Crippen LogP contribution is -2.37. The minimum Gasteiger partial charge on any atom is -0.355 e. The maximum absolute atomic E-state index is 10.5. The number of anilines is 1. The number of aldehydes is 1. The largest absolute Gasteiger partial charge is 0.355 e. The van der Waals surface area contributed by atoms with Crippen LogP contribution in [0.4, 0.5) is 5.82 Å². The van der Waals surface area contributed by atoms with Crippen molar-refractivity contribution in [1.29, 1.82) is 0 Å². The third-order valence-electron chi connectivity index (χ3n) is 2.84. The molecule has 0 radical (unpaired) electrons. The first-order chi connectivity index (χ1) is 9.22. The van der Waals surface area contributed by atoms with Crippen LogP contribution in [0.25, 0.3) is 0 Å². The van der Waals surface area contributed by atoms with Crippen molar-refractivity contribution in [2.45, 2.75) is 25.3 Å². The number of rotatable bonds is 3. The van der Waals surface area contributed by atoms with E-state index in [1.165, 1.54) is 19.3 Å². The minimum atomic E-state index is -3.22. The van der Waals surface area contributed by atoms with Gasteiger partial charge in [-0.1, -0.05) is 11.6 Å². The monoisotopic (exact) mass is 377 g/mol. The first kappa shape index (κ1) is 18.0. The van der Waals surface area contributed by atoms with Crippen LogP contribution in [0.5, 0.6) is 0 Å². The Morgan fingerprint density at radius 2 is 1.95 bits per heavy atom. The molecule has 1 saturated carbocycles. The summed E-state index contributed by atoms with van der Waals surface area (Å²) in [5.41, 5.74) is 0.197. The number of carbonyl (C=O) groups excluding carboxylic acids is 1. The lowest BCUT2D eigenvalue weighted by atomic mass is 9.92. The number of hydrogen-bond donors (Lipinski definition) is 0. The summed E-state index contributed by atoms with van der Waals surface area (Å²) in [6, 6.07) is 0.539. The molecule has 0 spiro atoms. The maximum Gasteiger partial charge on any atom is 0.339 e. The topological polar surface area (TPSA) is 63.2 Å². The van der Waals surface area contributed by atoms with Crippen LogP contribution >= 0.6 is 50.5 Å². The van der Waals surface area contributed by atoms with E-state index in [9.17, 15) is 9.36 Å². The van der Waals surface area contributed by atoms with Crippen molar-refractivity contribution in [2.24, 2.45) is 0 Å². The lowest BCUT2D eigenvalue weighted by Gasteiger charge is -2.35. The van der Waals surface area contributed by atoms with Crippen molar-refractivity contribution >= 4 is 62.6 Å². The van der Waals surface area contributed by atoms with Crippen LogP contribution in [0.3, 0.4) is 0 Å². The van der Waals surface area contributed by atoms with Crippen molar-refractivity contribution < 1.29 is 9.36 Å². The predicted molar refractivity (Wildman–Crippen MR) is 83.6 cm³/mol. The molecule has 2 rings (SSSR count). The molecule has 10 heteroatoms. The smallest absolute Gasteiger partial charge is 0.339 e. The molecule has 1 heterocycles. The number of halogens is 4. The summed E-state index contributed by atoms with van der Waals surface area (Å²) in [7, 11) is 1.98. The van der Waals surface area contributed by atoms with Gasteiger partial charge >= 0.3 is 5.20 Å². The van der Waals surface area contributed by atoms with Gasteiger partial charge in [0.05, 0.1) is 6.20 Å². The fourth-order valence-electron chi connectivity index (χ4n) is 1.58. The second kappa shape index (κ2) is 7.81. The Morgan fingerprint density at radius 3 is 2.30 bits per heavy atom. The van der Waals surface area contributed by atoms with Crippen LogP contribution < -0.4 is 4.90 Å². The zero-order chi connectivity index (χ0) is 15.3. The standard InChI is InChI=1S/C10H12ClN3O.Cl3OP/c1-14(7-3-2-4-7)9-5-12-8(6-15)10(11)13-9;1-5(2,3)4/h5-7H,2-4H2,1H3;. The summed E-state index contributed by atoms with van der Waals surface area (Å²) in [5.74, 6) is 0.732. The van der Waals surface area contributed by atoms with Crippen LogP contribution in [0.15, 0.2) is 6.20 Å². The Balaban J connectivity index is 0.000000347. The second-order valence-electron chi connectivity index (χ2n) is 4.12. The van der Waals surface area contributed by atoms with Gasteiger partial charge < -0.3 is 4.90 Å². The van der Waals surface area contributed by atoms with E-state index in [2.05, 4.69) is 48.6 Å². The van der Waals surface area contributed by atoms with Crippen LogP contribution in [0.2, 0.25) is 5.15 Å². The van der Waals surface area contributed by atoms with E-state index in [0.717, 1.165) is 5.82 Å². The molecule has 0 aliphatic heterocycles. The summed E-state index contributed by atoms with van der Waals surface area (Å²) in [5, 5.41) is -3.05. The number of hydrogen-bond acceptors (Lipinski definition) is 5. The van der Waals surface area contributed by atoms with Gasteiger partial charge in [0.15, 0.2) is 11.4 Å². The average molecular weight is 379 g/mol. The molecule has 0 atom stereocenters. The van der Waals surface area contributed by atoms with Crippen molar-refractivity contribution in [3.63, 3.8) is 0 Å². The third kappa shape index (κ3) is 6.15. The van der Waals surface area contributed by atoms with Gasteiger partial charge in [-0.2, -0.15) is 0 Å². The zero-order valence-corrected chi connectivity index (χ0v) is 14.4. The van der Waals surface area contributed by atoms with Crippen LogP contribution in [0, 0.1) is 0 Å². The van der Waals surface area contributed by atoms with Crippen LogP contribution in [-0.4, -0.2) is 29.3 Å². The molecule has 0 aromatic carbocycles. The maximum atomic E-state index is 10.5. The van der Waals surface area contributed by atoms with E-state index in [0.29, 0.717) is 12.3 Å². The van der Waals surface area contributed by atoms with E-state index in [-0.39, 0.29) is 10.8 Å². The average Bonchev–Trinajstić information content (AvgIpc) is 2.24. The fraction of sp³-hybridized carbons (Fsp3) is 0.500. The molecule has 5 nitrogen and oxygen atoms in total. The van der Waals surface area contributed by atoms with E-state index >= 15 is 0 Å². The molecule has 1 aliphatic rings. The molecule has 1 aliphatic carbocycles. The van der Waals surface area contributed by atoms with E-state index < -0.39 is 5.20 Å². The van der Waals surface area contributed by atoms with E-state index in [1.54, 1.807) is 6.20 Å². The van der Waals surface area contributed by atoms with Crippen molar-refractivity contribution in [1.82, 2.24) is 9.97 Å². The minimum absolute atomic E-state index is 0.175. The molecule has 0 amide bonds. The van der Waals surface area contributed by atoms with Gasteiger partial charge in [0.1, 0.15) is 11.5 Å². The van der Waals surface area contributed by atoms with Gasteiger partial charge in [0.25, 0.3) is 0 Å². The molecule has 0 unspecified atom stereocenters. The summed E-state index contributed by atoms with van der Waals surface area (Å²) in [6.45, 7) is 0. The second-order valence-corrected chi connectivity index (χ2v) is 11.1. The lowest BCUT2D eigenvalue weighted by molar-refractivity contribution is 0.111. The zero-order valence-electron chi connectivity index (χ0n) is 10.5. The molecule has 1 aromatic heterocycles. The van der Waals surface area contributed by atoms with E-state index in [1.807, 2.05) is 7.05 Å². The molecule has 0 N–H and O–H groups in total. The molecule has 20 heavy (non-hydrogen) atoms. The highest BCUT2D eigenvalue weighted by atomic mass is 36.0. The molecule has 112 valence electrons. The summed E-state index contributed by atoms with van der Waals surface area (Å²) >= 11 is 19.7. The van der Waals surface area contributed by atoms with Crippen LogP contribution in [0.1, 0.15) is 29.8 Å². The highest BCUT2D eigenvalue weighted by molar-refractivity contribution is 8.24. The number of aromatic nitrogens is 2. The summed E-state index contributed by atoms with van der Waals surface area (Å²) in [6.07, 6.45) is 5.84. The van der Waals surface area contributed by atoms with Gasteiger partial charge in [-0.15, -0.1) is 0 Å². The van der Waals surface area contributed by atoms with Gasteiger partial charge in [-0.05, 0) is 53.0 Å². The number of nitrogens with zero attached hydrogens (tertiary/aromatic N) is 3. The Kier molecular flexibility index (Phi) is 7.02. The van der Waals surface area contributed by atoms with Gasteiger partial charge in [0, 0.05) is 13.1 Å². The highest BCUT2D eigenvalue weighted by Gasteiger charge is 2.23. The molecular weight excluding hydrogens is 367 g/mol. The summed E-state index contributed by atoms with van der Waals surface area (Å²) in [4.78, 5) is 20.7. The normalized spacial score (nSPS) is 14.8. The van der Waals surface area contributed by atoms with Crippen molar-refractivity contribution in [3.8, 4) is 0 Å². The van der Waals surface area contributed by atoms with Crippen molar-refractivity contribution in [2.75, 3.05) is 11.9 Å². The van der Waals surface area contributed by atoms with Gasteiger partial charge in [-0.25, -0.2) is 9.97 Å². The Labute approximate surface area is 136 Å². The predicted octanol–water partition coefficient (Wildman–Crippen LogP) is 4.74. The first-order valence-electron chi connectivity index (χ1n) is 5.62. The van der Waals surface area contributed by atoms with E-state index in [4.69, 9.17) is 11.6 Å². The molecule has 1 fully saturated rings. The molecule has 0 bridgehead atoms. The van der Waals surface area contributed by atoms with Gasteiger partial charge in [0.2, 0.25) is 0 Å². The Morgan fingerprint density at radius 1 is 1.40 bits per heavy atom. The van der Waals surface area contributed by atoms with Gasteiger partial charge in [-0.3, -0.25) is 9.36 Å². The first-order valence-corrected chi connectivity index (χ1v) is 10.4. The molecular formula is C10H12Cl4N3O2P. The summed E-state index contributed by atoms with van der Waals surface area (Å²) < 4.78 is 9.51. The number of carbonyl (C=O) groups is 1. The van der Waals surface area contributed by atoms with Crippen molar-refractivity contribution in [3.05, 3.63) is 17.0 Å². The van der Waals surface area contributed by atoms with Crippen LogP contribution in [-0.2, 0) is 4.57 Å². The molecule has 1 aromatic rings. The Bertz CT molecular complexity index is 513. The Hall–Kier alpha value is -0.0600. The SMILES string of the molecule is CN(c1cnc(C=O)c(Cl)n1)C1CCC1.O=P(Cl)(Cl)Cl.